The fourth-order valence-electron chi connectivity index (χ4n) is 4.08. The molecule has 0 saturated carbocycles. The Labute approximate surface area is 185 Å². The molecule has 3 rings (SSSR count). The Morgan fingerprint density at radius 2 is 1.94 bits per heavy atom. The number of benzene rings is 2. The number of amides is 2. The standard InChI is InChI=1S/C25H35N3O3/c1-18(2)25(30)26-14-20-6-5-11-28(16-20)17-24(29)27(3)15-19-7-8-22-13-23(31-4)10-9-21(22)12-19/h7-10,12-13,18,20H,5-6,11,14-17H2,1-4H3,(H,26,30). The third-order valence-corrected chi connectivity index (χ3v) is 6.01. The third-order valence-electron chi connectivity index (χ3n) is 6.01. The minimum atomic E-state index is 0.00653. The number of fused-ring (bicyclic) bond motifs is 1. The second kappa shape index (κ2) is 10.6. The Hall–Kier alpha value is -2.60. The smallest absolute Gasteiger partial charge is 0.236 e. The van der Waals surface area contributed by atoms with Gasteiger partial charge in [0.2, 0.25) is 11.8 Å². The molecule has 0 spiro atoms. The molecule has 1 unspecified atom stereocenters. The van der Waals surface area contributed by atoms with E-state index in [1.54, 1.807) is 12.0 Å². The number of hydrogen-bond acceptors (Lipinski definition) is 4. The molecule has 1 aliphatic heterocycles. The van der Waals surface area contributed by atoms with Crippen molar-refractivity contribution >= 4 is 22.6 Å². The first kappa shape index (κ1) is 23.1. The van der Waals surface area contributed by atoms with Crippen molar-refractivity contribution < 1.29 is 14.3 Å². The first-order valence-corrected chi connectivity index (χ1v) is 11.2. The molecular formula is C25H35N3O3. The summed E-state index contributed by atoms with van der Waals surface area (Å²) < 4.78 is 5.29. The van der Waals surface area contributed by atoms with Crippen molar-refractivity contribution in [3.05, 3.63) is 42.0 Å². The summed E-state index contributed by atoms with van der Waals surface area (Å²) in [5.74, 6) is 1.48. The molecule has 2 aromatic rings. The molecule has 1 fully saturated rings. The van der Waals surface area contributed by atoms with Crippen molar-refractivity contribution in [2.75, 3.05) is 40.3 Å². The van der Waals surface area contributed by atoms with Gasteiger partial charge < -0.3 is 15.0 Å². The van der Waals surface area contributed by atoms with Crippen LogP contribution >= 0.6 is 0 Å². The van der Waals surface area contributed by atoms with Gasteiger partial charge in [0.05, 0.1) is 13.7 Å². The summed E-state index contributed by atoms with van der Waals surface area (Å²) in [7, 11) is 3.53. The highest BCUT2D eigenvalue weighted by molar-refractivity contribution is 5.85. The van der Waals surface area contributed by atoms with E-state index in [0.717, 1.165) is 48.0 Å². The third kappa shape index (κ3) is 6.44. The molecule has 0 aromatic heterocycles. The van der Waals surface area contributed by atoms with E-state index in [2.05, 4.69) is 28.4 Å². The predicted octanol–water partition coefficient (Wildman–Crippen LogP) is 3.29. The number of nitrogens with zero attached hydrogens (tertiary/aromatic N) is 2. The summed E-state index contributed by atoms with van der Waals surface area (Å²) in [6.45, 7) is 7.31. The van der Waals surface area contributed by atoms with E-state index in [0.29, 0.717) is 25.6 Å². The van der Waals surface area contributed by atoms with Crippen molar-refractivity contribution in [1.29, 1.82) is 0 Å². The number of nitrogens with one attached hydrogen (secondary N) is 1. The van der Waals surface area contributed by atoms with Gasteiger partial charge in [-0.2, -0.15) is 0 Å². The van der Waals surface area contributed by atoms with Crippen molar-refractivity contribution in [3.8, 4) is 5.75 Å². The summed E-state index contributed by atoms with van der Waals surface area (Å²) in [5.41, 5.74) is 1.11. The maximum absolute atomic E-state index is 12.8. The topological polar surface area (TPSA) is 61.9 Å². The number of likely N-dealkylation sites (N-methyl/N-ethyl adjacent to an activating group) is 1. The van der Waals surface area contributed by atoms with E-state index in [-0.39, 0.29) is 17.7 Å². The summed E-state index contributed by atoms with van der Waals surface area (Å²) in [6.07, 6.45) is 2.16. The highest BCUT2D eigenvalue weighted by Gasteiger charge is 2.23. The van der Waals surface area contributed by atoms with Gasteiger partial charge in [-0.15, -0.1) is 0 Å². The van der Waals surface area contributed by atoms with Gasteiger partial charge in [-0.1, -0.05) is 32.0 Å². The van der Waals surface area contributed by atoms with Crippen LogP contribution in [0.25, 0.3) is 10.8 Å². The van der Waals surface area contributed by atoms with Crippen LogP contribution in [0.1, 0.15) is 32.3 Å². The molecule has 31 heavy (non-hydrogen) atoms. The minimum absolute atomic E-state index is 0.00653. The van der Waals surface area contributed by atoms with Crippen molar-refractivity contribution in [1.82, 2.24) is 15.1 Å². The molecule has 1 N–H and O–H groups in total. The zero-order chi connectivity index (χ0) is 22.4. The van der Waals surface area contributed by atoms with Gasteiger partial charge in [-0.3, -0.25) is 14.5 Å². The highest BCUT2D eigenvalue weighted by Crippen LogP contribution is 2.22. The lowest BCUT2D eigenvalue weighted by molar-refractivity contribution is -0.132. The van der Waals surface area contributed by atoms with Crippen LogP contribution in [0.15, 0.2) is 36.4 Å². The number of carbonyl (C=O) groups excluding carboxylic acids is 2. The number of hydrogen-bond donors (Lipinski definition) is 1. The average Bonchev–Trinajstić information content (AvgIpc) is 2.77. The second-order valence-electron chi connectivity index (χ2n) is 8.94. The zero-order valence-corrected chi connectivity index (χ0v) is 19.2. The molecule has 1 atom stereocenters. The fraction of sp³-hybridized carbons (Fsp3) is 0.520. The van der Waals surface area contributed by atoms with Crippen LogP contribution in [-0.4, -0.2) is 62.0 Å². The monoisotopic (exact) mass is 425 g/mol. The summed E-state index contributed by atoms with van der Waals surface area (Å²) in [4.78, 5) is 28.7. The van der Waals surface area contributed by atoms with Crippen LogP contribution < -0.4 is 10.1 Å². The number of rotatable bonds is 8. The van der Waals surface area contributed by atoms with E-state index in [1.807, 2.05) is 39.1 Å². The average molecular weight is 426 g/mol. The van der Waals surface area contributed by atoms with Gasteiger partial charge in [-0.05, 0) is 59.8 Å². The van der Waals surface area contributed by atoms with Gasteiger partial charge in [-0.25, -0.2) is 0 Å². The van der Waals surface area contributed by atoms with E-state index >= 15 is 0 Å². The molecule has 2 aromatic carbocycles. The first-order valence-electron chi connectivity index (χ1n) is 11.2. The van der Waals surface area contributed by atoms with Crippen LogP contribution in [0.5, 0.6) is 5.75 Å². The maximum Gasteiger partial charge on any atom is 0.236 e. The Balaban J connectivity index is 1.51. The highest BCUT2D eigenvalue weighted by atomic mass is 16.5. The largest absolute Gasteiger partial charge is 0.497 e. The fourth-order valence-corrected chi connectivity index (χ4v) is 4.08. The van der Waals surface area contributed by atoms with Crippen LogP contribution in [0.2, 0.25) is 0 Å². The molecule has 1 aliphatic rings. The number of carbonyl (C=O) groups is 2. The molecule has 0 bridgehead atoms. The van der Waals surface area contributed by atoms with E-state index in [1.165, 1.54) is 0 Å². The van der Waals surface area contributed by atoms with E-state index < -0.39 is 0 Å². The van der Waals surface area contributed by atoms with Crippen LogP contribution in [0, 0.1) is 11.8 Å². The molecule has 1 heterocycles. The zero-order valence-electron chi connectivity index (χ0n) is 19.2. The predicted molar refractivity (Wildman–Crippen MR) is 124 cm³/mol. The van der Waals surface area contributed by atoms with Gasteiger partial charge in [0.15, 0.2) is 0 Å². The molecule has 0 radical (unpaired) electrons. The maximum atomic E-state index is 12.8. The Bertz CT molecular complexity index is 912. The van der Waals surface area contributed by atoms with Crippen LogP contribution in [-0.2, 0) is 16.1 Å². The van der Waals surface area contributed by atoms with Gasteiger partial charge in [0.1, 0.15) is 5.75 Å². The molecular weight excluding hydrogens is 390 g/mol. The van der Waals surface area contributed by atoms with Gasteiger partial charge >= 0.3 is 0 Å². The van der Waals surface area contributed by atoms with E-state index in [9.17, 15) is 9.59 Å². The van der Waals surface area contributed by atoms with E-state index in [4.69, 9.17) is 4.74 Å². The molecule has 6 nitrogen and oxygen atoms in total. The minimum Gasteiger partial charge on any atom is -0.497 e. The molecule has 1 saturated heterocycles. The Kier molecular flexibility index (Phi) is 7.91. The second-order valence-corrected chi connectivity index (χ2v) is 8.94. The van der Waals surface area contributed by atoms with Crippen LogP contribution in [0.4, 0.5) is 0 Å². The van der Waals surface area contributed by atoms with Crippen molar-refractivity contribution in [2.24, 2.45) is 11.8 Å². The van der Waals surface area contributed by atoms with Crippen LogP contribution in [0.3, 0.4) is 0 Å². The summed E-state index contributed by atoms with van der Waals surface area (Å²) in [5, 5.41) is 5.30. The number of piperidine rings is 1. The normalized spacial score (nSPS) is 17.0. The summed E-state index contributed by atoms with van der Waals surface area (Å²) in [6, 6.07) is 12.3. The quantitative estimate of drug-likeness (QED) is 0.705. The lowest BCUT2D eigenvalue weighted by Crippen LogP contribution is -2.45. The molecule has 6 heteroatoms. The lowest BCUT2D eigenvalue weighted by Gasteiger charge is -2.33. The van der Waals surface area contributed by atoms with Gasteiger partial charge in [0.25, 0.3) is 0 Å². The Morgan fingerprint density at radius 1 is 1.19 bits per heavy atom. The number of ether oxygens (including phenoxy) is 1. The van der Waals surface area contributed by atoms with Crippen molar-refractivity contribution in [2.45, 2.75) is 33.2 Å². The molecule has 0 aliphatic carbocycles. The summed E-state index contributed by atoms with van der Waals surface area (Å²) >= 11 is 0. The Morgan fingerprint density at radius 3 is 2.68 bits per heavy atom. The lowest BCUT2D eigenvalue weighted by atomic mass is 9.97. The molecule has 168 valence electrons. The first-order chi connectivity index (χ1) is 14.9. The molecule has 2 amide bonds. The number of methoxy groups -OCH3 is 1. The van der Waals surface area contributed by atoms with Crippen molar-refractivity contribution in [3.63, 3.8) is 0 Å². The number of likely N-dealkylation sites (tertiary alicyclic amines) is 1. The van der Waals surface area contributed by atoms with Gasteiger partial charge in [0, 0.05) is 32.6 Å². The SMILES string of the molecule is COc1ccc2cc(CN(C)C(=O)CN3CCCC(CNC(=O)C(C)C)C3)ccc2c1.